The van der Waals surface area contributed by atoms with E-state index in [9.17, 15) is 14.0 Å². The monoisotopic (exact) mass is 349 g/mol. The SMILES string of the molecule is O=C1NCCN(Cc2cccc(F)c2)[C@H]1CC(=O)N1CCCOCC1. The van der Waals surface area contributed by atoms with E-state index in [1.165, 1.54) is 12.1 Å². The molecule has 7 heteroatoms. The van der Waals surface area contributed by atoms with E-state index in [0.717, 1.165) is 12.0 Å². The molecule has 0 aliphatic carbocycles. The van der Waals surface area contributed by atoms with Gasteiger partial charge in [0.2, 0.25) is 11.8 Å². The molecule has 6 nitrogen and oxygen atoms in total. The number of rotatable bonds is 4. The van der Waals surface area contributed by atoms with Crippen LogP contribution in [0.4, 0.5) is 4.39 Å². The first-order valence-corrected chi connectivity index (χ1v) is 8.75. The molecule has 2 fully saturated rings. The molecule has 1 aromatic carbocycles. The fourth-order valence-corrected chi connectivity index (χ4v) is 3.33. The van der Waals surface area contributed by atoms with Crippen molar-refractivity contribution < 1.29 is 18.7 Å². The average molecular weight is 349 g/mol. The van der Waals surface area contributed by atoms with Gasteiger partial charge in [0.15, 0.2) is 0 Å². The minimum Gasteiger partial charge on any atom is -0.380 e. The molecule has 1 aromatic rings. The van der Waals surface area contributed by atoms with Gasteiger partial charge < -0.3 is 15.0 Å². The van der Waals surface area contributed by atoms with E-state index in [2.05, 4.69) is 5.32 Å². The van der Waals surface area contributed by atoms with Gasteiger partial charge in [0.25, 0.3) is 0 Å². The zero-order chi connectivity index (χ0) is 17.6. The van der Waals surface area contributed by atoms with Gasteiger partial charge >= 0.3 is 0 Å². The molecule has 0 radical (unpaired) electrons. The van der Waals surface area contributed by atoms with Crippen LogP contribution in [-0.4, -0.2) is 67.0 Å². The Kier molecular flexibility index (Phi) is 5.99. The summed E-state index contributed by atoms with van der Waals surface area (Å²) < 4.78 is 18.8. The van der Waals surface area contributed by atoms with Crippen molar-refractivity contribution in [2.75, 3.05) is 39.4 Å². The molecule has 1 N–H and O–H groups in total. The Bertz CT molecular complexity index is 617. The van der Waals surface area contributed by atoms with E-state index >= 15 is 0 Å². The van der Waals surface area contributed by atoms with E-state index in [-0.39, 0.29) is 24.1 Å². The third-order valence-corrected chi connectivity index (χ3v) is 4.66. The van der Waals surface area contributed by atoms with Crippen LogP contribution in [0.25, 0.3) is 0 Å². The highest BCUT2D eigenvalue weighted by Gasteiger charge is 2.33. The van der Waals surface area contributed by atoms with Crippen LogP contribution in [-0.2, 0) is 20.9 Å². The molecule has 0 spiro atoms. The number of halogens is 1. The Morgan fingerprint density at radius 2 is 2.16 bits per heavy atom. The molecule has 0 bridgehead atoms. The number of ether oxygens (including phenoxy) is 1. The number of carbonyl (C=O) groups is 2. The summed E-state index contributed by atoms with van der Waals surface area (Å²) in [6.45, 7) is 4.06. The number of nitrogens with one attached hydrogen (secondary N) is 1. The molecule has 0 saturated carbocycles. The molecule has 0 aromatic heterocycles. The molecule has 2 saturated heterocycles. The third kappa shape index (κ3) is 4.76. The van der Waals surface area contributed by atoms with Crippen molar-refractivity contribution in [3.8, 4) is 0 Å². The van der Waals surface area contributed by atoms with E-state index in [0.29, 0.717) is 45.9 Å². The summed E-state index contributed by atoms with van der Waals surface area (Å²) in [7, 11) is 0. The maximum Gasteiger partial charge on any atom is 0.237 e. The van der Waals surface area contributed by atoms with Crippen molar-refractivity contribution in [2.24, 2.45) is 0 Å². The zero-order valence-electron chi connectivity index (χ0n) is 14.2. The molecule has 2 heterocycles. The number of hydrogen-bond donors (Lipinski definition) is 1. The molecule has 2 aliphatic rings. The lowest BCUT2D eigenvalue weighted by molar-refractivity contribution is -0.139. The second-order valence-corrected chi connectivity index (χ2v) is 6.46. The predicted molar refractivity (Wildman–Crippen MR) is 90.2 cm³/mol. The molecule has 136 valence electrons. The molecule has 1 atom stereocenters. The largest absolute Gasteiger partial charge is 0.380 e. The smallest absolute Gasteiger partial charge is 0.237 e. The first kappa shape index (κ1) is 17.8. The summed E-state index contributed by atoms with van der Waals surface area (Å²) in [5.41, 5.74) is 0.801. The third-order valence-electron chi connectivity index (χ3n) is 4.66. The van der Waals surface area contributed by atoms with Gasteiger partial charge in [-0.3, -0.25) is 14.5 Å². The van der Waals surface area contributed by atoms with E-state index in [4.69, 9.17) is 4.74 Å². The van der Waals surface area contributed by atoms with Crippen LogP contribution < -0.4 is 5.32 Å². The standard InChI is InChI=1S/C18H24FN3O3/c19-15-4-1-3-14(11-15)13-22-7-5-20-18(24)16(22)12-17(23)21-6-2-9-25-10-8-21/h1,3-4,11,16H,2,5-10,12-13H2,(H,20,24)/t16-/m0/s1. The second-order valence-electron chi connectivity index (χ2n) is 6.46. The number of benzene rings is 1. The normalized spacial score (nSPS) is 22.4. The number of nitrogens with zero attached hydrogens (tertiary/aromatic N) is 2. The number of amides is 2. The molecule has 25 heavy (non-hydrogen) atoms. The zero-order valence-corrected chi connectivity index (χ0v) is 14.2. The Hall–Kier alpha value is -1.99. The lowest BCUT2D eigenvalue weighted by atomic mass is 10.1. The van der Waals surface area contributed by atoms with Gasteiger partial charge in [0.1, 0.15) is 5.82 Å². The number of hydrogen-bond acceptors (Lipinski definition) is 4. The Balaban J connectivity index is 1.67. The second kappa shape index (κ2) is 8.40. The van der Waals surface area contributed by atoms with Crippen LogP contribution >= 0.6 is 0 Å². The maximum absolute atomic E-state index is 13.4. The van der Waals surface area contributed by atoms with E-state index in [1.54, 1.807) is 11.0 Å². The van der Waals surface area contributed by atoms with Gasteiger partial charge in [-0.15, -0.1) is 0 Å². The van der Waals surface area contributed by atoms with Crippen molar-refractivity contribution in [2.45, 2.75) is 25.4 Å². The Morgan fingerprint density at radius 3 is 3.00 bits per heavy atom. The average Bonchev–Trinajstić information content (AvgIpc) is 2.87. The van der Waals surface area contributed by atoms with Crippen molar-refractivity contribution >= 4 is 11.8 Å². The maximum atomic E-state index is 13.4. The van der Waals surface area contributed by atoms with Crippen LogP contribution in [0.15, 0.2) is 24.3 Å². The summed E-state index contributed by atoms with van der Waals surface area (Å²) in [5, 5.41) is 2.83. The topological polar surface area (TPSA) is 61.9 Å². The minimum absolute atomic E-state index is 0.0307. The summed E-state index contributed by atoms with van der Waals surface area (Å²) >= 11 is 0. The van der Waals surface area contributed by atoms with Crippen molar-refractivity contribution in [1.29, 1.82) is 0 Å². The summed E-state index contributed by atoms with van der Waals surface area (Å²) in [6, 6.07) is 5.84. The van der Waals surface area contributed by atoms with Crippen LogP contribution in [0.3, 0.4) is 0 Å². The fraction of sp³-hybridized carbons (Fsp3) is 0.556. The van der Waals surface area contributed by atoms with Gasteiger partial charge in [0, 0.05) is 39.3 Å². The molecular formula is C18H24FN3O3. The van der Waals surface area contributed by atoms with Crippen LogP contribution in [0.2, 0.25) is 0 Å². The highest BCUT2D eigenvalue weighted by atomic mass is 19.1. The molecule has 0 unspecified atom stereocenters. The van der Waals surface area contributed by atoms with E-state index < -0.39 is 6.04 Å². The first-order chi connectivity index (χ1) is 12.1. The van der Waals surface area contributed by atoms with Gasteiger partial charge in [-0.1, -0.05) is 12.1 Å². The Labute approximate surface area is 146 Å². The molecular weight excluding hydrogens is 325 g/mol. The van der Waals surface area contributed by atoms with Crippen molar-refractivity contribution in [3.05, 3.63) is 35.6 Å². The van der Waals surface area contributed by atoms with Crippen molar-refractivity contribution in [1.82, 2.24) is 15.1 Å². The van der Waals surface area contributed by atoms with Crippen LogP contribution in [0.1, 0.15) is 18.4 Å². The lowest BCUT2D eigenvalue weighted by Gasteiger charge is -2.35. The quantitative estimate of drug-likeness (QED) is 0.872. The fourth-order valence-electron chi connectivity index (χ4n) is 3.33. The molecule has 2 aliphatic heterocycles. The van der Waals surface area contributed by atoms with Crippen LogP contribution in [0, 0.1) is 5.82 Å². The number of piperazine rings is 1. The van der Waals surface area contributed by atoms with E-state index in [1.807, 2.05) is 11.0 Å². The number of carbonyl (C=O) groups excluding carboxylic acids is 2. The van der Waals surface area contributed by atoms with Gasteiger partial charge in [-0.05, 0) is 24.1 Å². The van der Waals surface area contributed by atoms with Crippen LogP contribution in [0.5, 0.6) is 0 Å². The summed E-state index contributed by atoms with van der Waals surface area (Å²) in [5.74, 6) is -0.463. The summed E-state index contributed by atoms with van der Waals surface area (Å²) in [6.07, 6.45) is 0.955. The first-order valence-electron chi connectivity index (χ1n) is 8.75. The van der Waals surface area contributed by atoms with Gasteiger partial charge in [0.05, 0.1) is 19.1 Å². The predicted octanol–water partition coefficient (Wildman–Crippen LogP) is 0.765. The highest BCUT2D eigenvalue weighted by Crippen LogP contribution is 2.16. The minimum atomic E-state index is -0.520. The molecule has 2 amide bonds. The lowest BCUT2D eigenvalue weighted by Crippen LogP contribution is -2.56. The van der Waals surface area contributed by atoms with Gasteiger partial charge in [-0.2, -0.15) is 0 Å². The van der Waals surface area contributed by atoms with Gasteiger partial charge in [-0.25, -0.2) is 4.39 Å². The summed E-state index contributed by atoms with van der Waals surface area (Å²) in [4.78, 5) is 28.7. The molecule has 3 rings (SSSR count). The van der Waals surface area contributed by atoms with Crippen molar-refractivity contribution in [3.63, 3.8) is 0 Å². The highest BCUT2D eigenvalue weighted by molar-refractivity contribution is 5.88. The Morgan fingerprint density at radius 1 is 1.28 bits per heavy atom.